The van der Waals surface area contributed by atoms with Crippen LogP contribution in [0.1, 0.15) is 12.5 Å². The Morgan fingerprint density at radius 3 is 2.68 bits per heavy atom. The normalized spacial score (nSPS) is 11.5. The highest BCUT2D eigenvalue weighted by Crippen LogP contribution is 2.18. The quantitative estimate of drug-likeness (QED) is 0.791. The van der Waals surface area contributed by atoms with Crippen molar-refractivity contribution < 1.29 is 17.5 Å². The number of nitriles is 1. The van der Waals surface area contributed by atoms with E-state index in [0.29, 0.717) is 0 Å². The fourth-order valence-corrected chi connectivity index (χ4v) is 3.00. The summed E-state index contributed by atoms with van der Waals surface area (Å²) in [7, 11) is -2.26. The van der Waals surface area contributed by atoms with Gasteiger partial charge >= 0.3 is 0 Å². The molecule has 0 aliphatic heterocycles. The molecule has 0 fully saturated rings. The Kier molecular flexibility index (Phi) is 5.42. The van der Waals surface area contributed by atoms with Crippen LogP contribution in [-0.4, -0.2) is 39.5 Å². The SMILES string of the molecule is CCN(CCOC)S(=O)(=O)c1ccc(F)c(C#N)c1. The van der Waals surface area contributed by atoms with Crippen LogP contribution >= 0.6 is 0 Å². The number of ether oxygens (including phenoxy) is 1. The van der Waals surface area contributed by atoms with Crippen LogP contribution in [0.15, 0.2) is 23.1 Å². The maximum Gasteiger partial charge on any atom is 0.243 e. The van der Waals surface area contributed by atoms with E-state index >= 15 is 0 Å². The first-order valence-corrected chi connectivity index (χ1v) is 7.10. The third kappa shape index (κ3) is 3.50. The Labute approximate surface area is 112 Å². The minimum Gasteiger partial charge on any atom is -0.383 e. The van der Waals surface area contributed by atoms with E-state index in [-0.39, 0.29) is 30.2 Å². The van der Waals surface area contributed by atoms with E-state index in [0.717, 1.165) is 18.2 Å². The molecule has 0 bridgehead atoms. The molecular weight excluding hydrogens is 271 g/mol. The molecule has 0 saturated heterocycles. The van der Waals surface area contributed by atoms with Gasteiger partial charge in [-0.15, -0.1) is 0 Å². The van der Waals surface area contributed by atoms with Crippen molar-refractivity contribution in [3.63, 3.8) is 0 Å². The molecule has 0 aliphatic carbocycles. The molecule has 0 atom stereocenters. The lowest BCUT2D eigenvalue weighted by Crippen LogP contribution is -2.33. The summed E-state index contributed by atoms with van der Waals surface area (Å²) < 4.78 is 43.8. The summed E-state index contributed by atoms with van der Waals surface area (Å²) in [5, 5.41) is 8.73. The fraction of sp³-hybridized carbons (Fsp3) is 0.417. The Morgan fingerprint density at radius 2 is 2.16 bits per heavy atom. The Bertz CT molecular complexity index is 581. The van der Waals surface area contributed by atoms with E-state index in [1.54, 1.807) is 13.0 Å². The fourth-order valence-electron chi connectivity index (χ4n) is 1.54. The van der Waals surface area contributed by atoms with Crippen LogP contribution in [0.5, 0.6) is 0 Å². The zero-order valence-electron chi connectivity index (χ0n) is 10.8. The predicted molar refractivity (Wildman–Crippen MR) is 67.4 cm³/mol. The number of hydrogen-bond donors (Lipinski definition) is 0. The van der Waals surface area contributed by atoms with Gasteiger partial charge in [-0.2, -0.15) is 9.57 Å². The highest BCUT2D eigenvalue weighted by Gasteiger charge is 2.23. The van der Waals surface area contributed by atoms with Crippen molar-refractivity contribution in [1.29, 1.82) is 5.26 Å². The van der Waals surface area contributed by atoms with Gasteiger partial charge in [0, 0.05) is 20.2 Å². The first kappa shape index (κ1) is 15.6. The van der Waals surface area contributed by atoms with Gasteiger partial charge in [-0.1, -0.05) is 6.92 Å². The lowest BCUT2D eigenvalue weighted by molar-refractivity contribution is 0.180. The van der Waals surface area contributed by atoms with E-state index in [9.17, 15) is 12.8 Å². The first-order chi connectivity index (χ1) is 8.97. The van der Waals surface area contributed by atoms with Crippen LogP contribution in [0, 0.1) is 17.1 Å². The number of halogens is 1. The van der Waals surface area contributed by atoms with Gasteiger partial charge in [-0.3, -0.25) is 0 Å². The first-order valence-electron chi connectivity index (χ1n) is 5.66. The summed E-state index contributed by atoms with van der Waals surface area (Å²) >= 11 is 0. The third-order valence-corrected chi connectivity index (χ3v) is 4.56. The van der Waals surface area contributed by atoms with Gasteiger partial charge < -0.3 is 4.74 Å². The van der Waals surface area contributed by atoms with Gasteiger partial charge in [0.15, 0.2) is 0 Å². The molecule has 1 aromatic rings. The zero-order chi connectivity index (χ0) is 14.5. The molecule has 0 heterocycles. The smallest absolute Gasteiger partial charge is 0.243 e. The molecule has 1 rings (SSSR count). The van der Waals surface area contributed by atoms with Crippen molar-refractivity contribution in [3.05, 3.63) is 29.6 Å². The van der Waals surface area contributed by atoms with E-state index in [1.807, 2.05) is 0 Å². The van der Waals surface area contributed by atoms with Crippen LogP contribution in [0.4, 0.5) is 4.39 Å². The summed E-state index contributed by atoms with van der Waals surface area (Å²) in [5.74, 6) is -0.735. The van der Waals surface area contributed by atoms with Gasteiger partial charge in [0.1, 0.15) is 11.9 Å². The zero-order valence-corrected chi connectivity index (χ0v) is 11.6. The van der Waals surface area contributed by atoms with Gasteiger partial charge in [0.2, 0.25) is 10.0 Å². The lowest BCUT2D eigenvalue weighted by atomic mass is 10.2. The average Bonchev–Trinajstić information content (AvgIpc) is 2.39. The molecule has 7 heteroatoms. The second-order valence-electron chi connectivity index (χ2n) is 3.74. The standard InChI is InChI=1S/C12H15FN2O3S/c1-3-15(6-7-18-2)19(16,17)11-4-5-12(13)10(8-11)9-14/h4-5,8H,3,6-7H2,1-2H3. The number of benzene rings is 1. The predicted octanol–water partition coefficient (Wildman–Crippen LogP) is 1.35. The number of rotatable bonds is 6. The van der Waals surface area contributed by atoms with Crippen molar-refractivity contribution in [1.82, 2.24) is 4.31 Å². The van der Waals surface area contributed by atoms with Crippen molar-refractivity contribution in [3.8, 4) is 6.07 Å². The maximum absolute atomic E-state index is 13.2. The molecule has 0 unspecified atom stereocenters. The Morgan fingerprint density at radius 1 is 1.47 bits per heavy atom. The van der Waals surface area contributed by atoms with Crippen LogP contribution in [0.3, 0.4) is 0 Å². The van der Waals surface area contributed by atoms with Crippen LogP contribution in [-0.2, 0) is 14.8 Å². The van der Waals surface area contributed by atoms with Crippen LogP contribution < -0.4 is 0 Å². The van der Waals surface area contributed by atoms with Gasteiger partial charge in [-0.25, -0.2) is 12.8 Å². The largest absolute Gasteiger partial charge is 0.383 e. The molecule has 19 heavy (non-hydrogen) atoms. The molecule has 104 valence electrons. The summed E-state index contributed by atoms with van der Waals surface area (Å²) in [5.41, 5.74) is -0.288. The second-order valence-corrected chi connectivity index (χ2v) is 5.68. The van der Waals surface area contributed by atoms with E-state index < -0.39 is 15.8 Å². The molecule has 5 nitrogen and oxygen atoms in total. The minimum absolute atomic E-state index is 0.0941. The number of methoxy groups -OCH3 is 1. The summed E-state index contributed by atoms with van der Waals surface area (Å²) in [4.78, 5) is -0.0941. The molecule has 1 aromatic carbocycles. The van der Waals surface area contributed by atoms with Gasteiger partial charge in [-0.05, 0) is 18.2 Å². The molecular formula is C12H15FN2O3S. The molecule has 0 aromatic heterocycles. The van der Waals surface area contributed by atoms with E-state index in [2.05, 4.69) is 0 Å². The molecule has 0 saturated carbocycles. The second kappa shape index (κ2) is 6.61. The third-order valence-electron chi connectivity index (χ3n) is 2.59. The van der Waals surface area contributed by atoms with Crippen molar-refractivity contribution in [2.75, 3.05) is 26.8 Å². The number of sulfonamides is 1. The van der Waals surface area contributed by atoms with Gasteiger partial charge in [0.05, 0.1) is 17.1 Å². The minimum atomic E-state index is -3.74. The van der Waals surface area contributed by atoms with Crippen LogP contribution in [0.25, 0.3) is 0 Å². The number of likely N-dealkylation sites (N-methyl/N-ethyl adjacent to an activating group) is 1. The monoisotopic (exact) mass is 286 g/mol. The Hall–Kier alpha value is -1.49. The molecule has 0 aliphatic rings. The van der Waals surface area contributed by atoms with Gasteiger partial charge in [0.25, 0.3) is 0 Å². The highest BCUT2D eigenvalue weighted by atomic mass is 32.2. The Balaban J connectivity index is 3.15. The van der Waals surface area contributed by atoms with Crippen LogP contribution in [0.2, 0.25) is 0 Å². The summed E-state index contributed by atoms with van der Waals surface area (Å²) in [6.45, 7) is 2.43. The molecule has 0 amide bonds. The van der Waals surface area contributed by atoms with Crippen molar-refractivity contribution in [2.24, 2.45) is 0 Å². The maximum atomic E-state index is 13.2. The average molecular weight is 286 g/mol. The molecule has 0 spiro atoms. The van der Waals surface area contributed by atoms with E-state index in [4.69, 9.17) is 10.00 Å². The van der Waals surface area contributed by atoms with Crippen molar-refractivity contribution in [2.45, 2.75) is 11.8 Å². The topological polar surface area (TPSA) is 70.4 Å². The van der Waals surface area contributed by atoms with Crippen molar-refractivity contribution >= 4 is 10.0 Å². The number of nitrogens with zero attached hydrogens (tertiary/aromatic N) is 2. The highest BCUT2D eigenvalue weighted by molar-refractivity contribution is 7.89. The number of hydrogen-bond acceptors (Lipinski definition) is 4. The van der Waals surface area contributed by atoms with E-state index in [1.165, 1.54) is 11.4 Å². The molecule has 0 N–H and O–H groups in total. The molecule has 0 radical (unpaired) electrons. The lowest BCUT2D eigenvalue weighted by Gasteiger charge is -2.20. The summed E-state index contributed by atoms with van der Waals surface area (Å²) in [6.07, 6.45) is 0. The summed E-state index contributed by atoms with van der Waals surface area (Å²) in [6, 6.07) is 4.80.